The van der Waals surface area contributed by atoms with Crippen LogP contribution in [0.1, 0.15) is 41.5 Å². The first-order valence-corrected chi connectivity index (χ1v) is 11.2. The largest absolute Gasteiger partial charge is 0.361 e. The molecule has 1 N–H and O–H groups in total. The fraction of sp³-hybridized carbons (Fsp3) is 0.320. The van der Waals surface area contributed by atoms with Crippen molar-refractivity contribution in [1.29, 1.82) is 0 Å². The van der Waals surface area contributed by atoms with Gasteiger partial charge in [-0.1, -0.05) is 59.2 Å². The number of aromatic nitrogens is 1. The second kappa shape index (κ2) is 10.0. The number of aryl methyl sites for hydroxylation is 1. The second-order valence-corrected chi connectivity index (χ2v) is 8.60. The van der Waals surface area contributed by atoms with Crippen LogP contribution in [0.5, 0.6) is 0 Å². The standard InChI is InChI=1S/C25H26ClN3O3/c1-17-14-21(32-28-17)16-24(30)29-13-5-8-23(29)25(31)27-22(15-18-6-3-2-4-7-18)19-9-11-20(26)12-10-19/h2-4,6-7,9-12,14,22-23H,5,8,13,15-16H2,1H3,(H,27,31). The van der Waals surface area contributed by atoms with E-state index in [1.165, 1.54) is 0 Å². The topological polar surface area (TPSA) is 75.4 Å². The third kappa shape index (κ3) is 5.37. The summed E-state index contributed by atoms with van der Waals surface area (Å²) < 4.78 is 5.18. The van der Waals surface area contributed by atoms with Crippen LogP contribution in [0.15, 0.2) is 65.2 Å². The third-order valence-corrected chi connectivity index (χ3v) is 6.00. The summed E-state index contributed by atoms with van der Waals surface area (Å²) in [6.07, 6.45) is 2.19. The highest BCUT2D eigenvalue weighted by Crippen LogP contribution is 2.24. The van der Waals surface area contributed by atoms with Crippen molar-refractivity contribution in [3.05, 3.63) is 88.3 Å². The molecular formula is C25H26ClN3O3. The maximum absolute atomic E-state index is 13.3. The zero-order chi connectivity index (χ0) is 22.5. The Kier molecular flexibility index (Phi) is 6.90. The molecule has 2 aromatic carbocycles. The number of benzene rings is 2. The zero-order valence-corrected chi connectivity index (χ0v) is 18.7. The van der Waals surface area contributed by atoms with Gasteiger partial charge in [-0.05, 0) is 49.4 Å². The van der Waals surface area contributed by atoms with Gasteiger partial charge in [-0.3, -0.25) is 9.59 Å². The van der Waals surface area contributed by atoms with E-state index in [0.717, 1.165) is 23.2 Å². The number of hydrogen-bond donors (Lipinski definition) is 1. The zero-order valence-electron chi connectivity index (χ0n) is 18.0. The molecule has 0 radical (unpaired) electrons. The minimum Gasteiger partial charge on any atom is -0.361 e. The SMILES string of the molecule is Cc1cc(CC(=O)N2CCCC2C(=O)NC(Cc2ccccc2)c2ccc(Cl)cc2)on1. The maximum atomic E-state index is 13.3. The van der Waals surface area contributed by atoms with E-state index in [4.69, 9.17) is 16.1 Å². The Hall–Kier alpha value is -3.12. The molecule has 4 rings (SSSR count). The summed E-state index contributed by atoms with van der Waals surface area (Å²) in [4.78, 5) is 27.8. The molecule has 2 heterocycles. The van der Waals surface area contributed by atoms with Crippen molar-refractivity contribution in [2.45, 2.75) is 44.7 Å². The van der Waals surface area contributed by atoms with Gasteiger partial charge in [-0.15, -0.1) is 0 Å². The minimum absolute atomic E-state index is 0.106. The molecule has 6 nitrogen and oxygen atoms in total. The lowest BCUT2D eigenvalue weighted by atomic mass is 9.98. The molecule has 0 spiro atoms. The van der Waals surface area contributed by atoms with E-state index in [2.05, 4.69) is 10.5 Å². The van der Waals surface area contributed by atoms with Crippen molar-refractivity contribution in [1.82, 2.24) is 15.4 Å². The molecule has 1 aliphatic heterocycles. The van der Waals surface area contributed by atoms with Crippen molar-refractivity contribution in [2.75, 3.05) is 6.54 Å². The third-order valence-electron chi connectivity index (χ3n) is 5.75. The van der Waals surface area contributed by atoms with E-state index < -0.39 is 6.04 Å². The van der Waals surface area contributed by atoms with Gasteiger partial charge in [-0.2, -0.15) is 0 Å². The molecule has 1 fully saturated rings. The van der Waals surface area contributed by atoms with Gasteiger partial charge in [0.25, 0.3) is 0 Å². The number of carbonyl (C=O) groups excluding carboxylic acids is 2. The van der Waals surface area contributed by atoms with Crippen molar-refractivity contribution in [3.63, 3.8) is 0 Å². The van der Waals surface area contributed by atoms with Gasteiger partial charge in [-0.25, -0.2) is 0 Å². The Bertz CT molecular complexity index is 1070. The quantitative estimate of drug-likeness (QED) is 0.582. The highest BCUT2D eigenvalue weighted by Gasteiger charge is 2.35. The molecule has 1 aliphatic rings. The van der Waals surface area contributed by atoms with Crippen molar-refractivity contribution >= 4 is 23.4 Å². The molecule has 32 heavy (non-hydrogen) atoms. The summed E-state index contributed by atoms with van der Waals surface area (Å²) in [6.45, 7) is 2.38. The van der Waals surface area contributed by atoms with Crippen molar-refractivity contribution in [2.24, 2.45) is 0 Å². The lowest BCUT2D eigenvalue weighted by molar-refractivity contribution is -0.138. The van der Waals surface area contributed by atoms with Gasteiger partial charge in [0.15, 0.2) is 0 Å². The van der Waals surface area contributed by atoms with Gasteiger partial charge in [0.1, 0.15) is 11.8 Å². The van der Waals surface area contributed by atoms with Crippen molar-refractivity contribution in [3.8, 4) is 0 Å². The number of nitrogens with zero attached hydrogens (tertiary/aromatic N) is 2. The summed E-state index contributed by atoms with van der Waals surface area (Å²) in [5, 5.41) is 7.67. The first-order valence-electron chi connectivity index (χ1n) is 10.8. The molecule has 2 amide bonds. The summed E-state index contributed by atoms with van der Waals surface area (Å²) in [6, 6.07) is 18.6. The highest BCUT2D eigenvalue weighted by atomic mass is 35.5. The summed E-state index contributed by atoms with van der Waals surface area (Å²) in [5.74, 6) is 0.257. The predicted octanol–water partition coefficient (Wildman–Crippen LogP) is 4.27. The first kappa shape index (κ1) is 22.1. The average molecular weight is 452 g/mol. The number of halogens is 1. The molecule has 2 atom stereocenters. The van der Waals surface area contributed by atoms with Gasteiger partial charge in [0.2, 0.25) is 11.8 Å². The molecule has 0 bridgehead atoms. The first-order chi connectivity index (χ1) is 15.5. The summed E-state index contributed by atoms with van der Waals surface area (Å²) in [7, 11) is 0. The Morgan fingerprint density at radius 2 is 1.94 bits per heavy atom. The van der Waals surface area contributed by atoms with Crippen LogP contribution in [0.4, 0.5) is 0 Å². The molecule has 166 valence electrons. The maximum Gasteiger partial charge on any atom is 0.243 e. The monoisotopic (exact) mass is 451 g/mol. The number of likely N-dealkylation sites (tertiary alicyclic amines) is 1. The predicted molar refractivity (Wildman–Crippen MR) is 122 cm³/mol. The number of hydrogen-bond acceptors (Lipinski definition) is 4. The highest BCUT2D eigenvalue weighted by molar-refractivity contribution is 6.30. The Morgan fingerprint density at radius 3 is 2.62 bits per heavy atom. The normalized spacial score (nSPS) is 16.7. The molecule has 3 aromatic rings. The van der Waals surface area contributed by atoms with Crippen LogP contribution in [0, 0.1) is 6.92 Å². The molecule has 0 aliphatic carbocycles. The van der Waals surface area contributed by atoms with Crippen LogP contribution in [-0.2, 0) is 22.4 Å². The number of nitrogens with one attached hydrogen (secondary N) is 1. The van der Waals surface area contributed by atoms with Crippen LogP contribution in [-0.4, -0.2) is 34.5 Å². The molecular weight excluding hydrogens is 426 g/mol. The van der Waals surface area contributed by atoms with E-state index in [1.807, 2.05) is 61.5 Å². The Labute approximate surface area is 192 Å². The lowest BCUT2D eigenvalue weighted by Crippen LogP contribution is -2.47. The molecule has 7 heteroatoms. The number of rotatable bonds is 7. The van der Waals surface area contributed by atoms with E-state index in [-0.39, 0.29) is 24.3 Å². The number of amides is 2. The average Bonchev–Trinajstić information content (AvgIpc) is 3.44. The van der Waals surface area contributed by atoms with Gasteiger partial charge >= 0.3 is 0 Å². The van der Waals surface area contributed by atoms with Crippen LogP contribution >= 0.6 is 11.6 Å². The van der Waals surface area contributed by atoms with Crippen LogP contribution in [0.2, 0.25) is 5.02 Å². The molecule has 0 saturated carbocycles. The minimum atomic E-state index is -0.489. The van der Waals surface area contributed by atoms with Gasteiger partial charge < -0.3 is 14.7 Å². The second-order valence-electron chi connectivity index (χ2n) is 8.16. The lowest BCUT2D eigenvalue weighted by Gasteiger charge is -2.27. The van der Waals surface area contributed by atoms with E-state index in [1.54, 1.807) is 11.0 Å². The molecule has 1 aromatic heterocycles. The van der Waals surface area contributed by atoms with Crippen LogP contribution in [0.3, 0.4) is 0 Å². The van der Waals surface area contributed by atoms with Gasteiger partial charge in [0.05, 0.1) is 18.2 Å². The fourth-order valence-corrected chi connectivity index (χ4v) is 4.28. The summed E-state index contributed by atoms with van der Waals surface area (Å²) >= 11 is 6.06. The Morgan fingerprint density at radius 1 is 1.19 bits per heavy atom. The van der Waals surface area contributed by atoms with Gasteiger partial charge in [0, 0.05) is 17.6 Å². The van der Waals surface area contributed by atoms with Crippen molar-refractivity contribution < 1.29 is 14.1 Å². The van der Waals surface area contributed by atoms with Crippen LogP contribution in [0.25, 0.3) is 0 Å². The molecule has 1 saturated heterocycles. The van der Waals surface area contributed by atoms with Crippen LogP contribution < -0.4 is 5.32 Å². The van der Waals surface area contributed by atoms with E-state index >= 15 is 0 Å². The van der Waals surface area contributed by atoms with E-state index in [9.17, 15) is 9.59 Å². The Balaban J connectivity index is 1.48. The van der Waals surface area contributed by atoms with E-state index in [0.29, 0.717) is 30.2 Å². The smallest absolute Gasteiger partial charge is 0.243 e. The summed E-state index contributed by atoms with van der Waals surface area (Å²) in [5.41, 5.74) is 2.82. The molecule has 2 unspecified atom stereocenters. The number of carbonyl (C=O) groups is 2. The fourth-order valence-electron chi connectivity index (χ4n) is 4.15.